The van der Waals surface area contributed by atoms with E-state index in [2.05, 4.69) is 10.3 Å². The fourth-order valence-corrected chi connectivity index (χ4v) is 1.80. The summed E-state index contributed by atoms with van der Waals surface area (Å²) in [5.41, 5.74) is 8.07. The predicted octanol–water partition coefficient (Wildman–Crippen LogP) is 2.56. The molecule has 0 saturated heterocycles. The number of aromatic nitrogens is 1. The van der Waals surface area contributed by atoms with Gasteiger partial charge in [0.25, 0.3) is 5.91 Å². The van der Waals surface area contributed by atoms with Crippen molar-refractivity contribution in [2.24, 2.45) is 5.73 Å². The molecule has 0 aliphatic rings. The van der Waals surface area contributed by atoms with Crippen molar-refractivity contribution in [3.8, 4) is 0 Å². The number of aryl methyl sites for hydroxylation is 2. The lowest BCUT2D eigenvalue weighted by Gasteiger charge is -2.07. The minimum atomic E-state index is -0.299. The second-order valence-corrected chi connectivity index (χ2v) is 4.51. The smallest absolute Gasteiger partial charge is 0.293 e. The second kappa shape index (κ2) is 5.24. The first-order valence-corrected chi connectivity index (χ1v) is 6.08. The zero-order chi connectivity index (χ0) is 14.0. The number of hydrogen-bond donors (Lipinski definition) is 2. The minimum Gasteiger partial charge on any atom is -0.436 e. The SMILES string of the molecule is Cc1nc(C)c(C(=O)Nc2ccc(C(C)N)cc2)o1. The first-order chi connectivity index (χ1) is 8.97. The summed E-state index contributed by atoms with van der Waals surface area (Å²) in [5, 5.41) is 2.77. The van der Waals surface area contributed by atoms with Crippen molar-refractivity contribution in [1.29, 1.82) is 0 Å². The van der Waals surface area contributed by atoms with Gasteiger partial charge in [-0.2, -0.15) is 0 Å². The van der Waals surface area contributed by atoms with E-state index in [1.54, 1.807) is 13.8 Å². The maximum absolute atomic E-state index is 12.0. The predicted molar refractivity (Wildman–Crippen MR) is 73.0 cm³/mol. The molecule has 0 saturated carbocycles. The van der Waals surface area contributed by atoms with E-state index in [0.29, 0.717) is 17.3 Å². The molecule has 2 aromatic rings. The number of carbonyl (C=O) groups excluding carboxylic acids is 1. The first kappa shape index (κ1) is 13.3. The van der Waals surface area contributed by atoms with Crippen LogP contribution >= 0.6 is 0 Å². The Morgan fingerprint density at radius 3 is 2.42 bits per heavy atom. The van der Waals surface area contributed by atoms with Crippen LogP contribution in [0.4, 0.5) is 5.69 Å². The minimum absolute atomic E-state index is 0.0241. The number of nitrogens with two attached hydrogens (primary N) is 1. The van der Waals surface area contributed by atoms with Crippen LogP contribution < -0.4 is 11.1 Å². The van der Waals surface area contributed by atoms with Crippen LogP contribution in [-0.4, -0.2) is 10.9 Å². The van der Waals surface area contributed by atoms with E-state index in [1.165, 1.54) is 0 Å². The van der Waals surface area contributed by atoms with Gasteiger partial charge in [0.15, 0.2) is 5.89 Å². The molecule has 1 unspecified atom stereocenters. The summed E-state index contributed by atoms with van der Waals surface area (Å²) < 4.78 is 5.27. The largest absolute Gasteiger partial charge is 0.436 e. The van der Waals surface area contributed by atoms with E-state index in [1.807, 2.05) is 31.2 Å². The normalized spacial score (nSPS) is 12.2. The van der Waals surface area contributed by atoms with Gasteiger partial charge < -0.3 is 15.5 Å². The maximum Gasteiger partial charge on any atom is 0.293 e. The number of nitrogens with zero attached hydrogens (tertiary/aromatic N) is 1. The lowest BCUT2D eigenvalue weighted by Crippen LogP contribution is -2.12. The number of anilines is 1. The molecule has 1 atom stereocenters. The highest BCUT2D eigenvalue weighted by Gasteiger charge is 2.15. The molecule has 0 fully saturated rings. The van der Waals surface area contributed by atoms with Gasteiger partial charge >= 0.3 is 0 Å². The molecular weight excluding hydrogens is 242 g/mol. The molecule has 2 rings (SSSR count). The molecule has 1 aromatic carbocycles. The molecule has 0 radical (unpaired) electrons. The molecule has 0 bridgehead atoms. The number of amides is 1. The number of carbonyl (C=O) groups is 1. The topological polar surface area (TPSA) is 81.2 Å². The van der Waals surface area contributed by atoms with Gasteiger partial charge in [-0.1, -0.05) is 12.1 Å². The van der Waals surface area contributed by atoms with Crippen molar-refractivity contribution < 1.29 is 9.21 Å². The van der Waals surface area contributed by atoms with Gasteiger partial charge in [-0.3, -0.25) is 4.79 Å². The molecule has 5 heteroatoms. The van der Waals surface area contributed by atoms with Crippen molar-refractivity contribution >= 4 is 11.6 Å². The molecule has 19 heavy (non-hydrogen) atoms. The zero-order valence-corrected chi connectivity index (χ0v) is 11.2. The summed E-state index contributed by atoms with van der Waals surface area (Å²) in [6, 6.07) is 7.38. The van der Waals surface area contributed by atoms with E-state index >= 15 is 0 Å². The lowest BCUT2D eigenvalue weighted by molar-refractivity contribution is 0.0994. The molecule has 1 aromatic heterocycles. The molecule has 0 spiro atoms. The Bertz CT molecular complexity index is 585. The van der Waals surface area contributed by atoms with E-state index in [4.69, 9.17) is 10.2 Å². The third kappa shape index (κ3) is 3.00. The molecule has 1 amide bonds. The summed E-state index contributed by atoms with van der Waals surface area (Å²) in [6.45, 7) is 5.36. The molecule has 5 nitrogen and oxygen atoms in total. The molecule has 100 valence electrons. The molecule has 0 aliphatic carbocycles. The number of oxazole rings is 1. The van der Waals surface area contributed by atoms with Crippen LogP contribution in [0.1, 0.15) is 40.7 Å². The Labute approximate surface area is 111 Å². The highest BCUT2D eigenvalue weighted by Crippen LogP contribution is 2.16. The lowest BCUT2D eigenvalue weighted by atomic mass is 10.1. The summed E-state index contributed by atoms with van der Waals surface area (Å²) in [7, 11) is 0. The van der Waals surface area contributed by atoms with Crippen LogP contribution in [0.25, 0.3) is 0 Å². The zero-order valence-electron chi connectivity index (χ0n) is 11.2. The fraction of sp³-hybridized carbons (Fsp3) is 0.286. The summed E-state index contributed by atoms with van der Waals surface area (Å²) in [4.78, 5) is 16.1. The van der Waals surface area contributed by atoms with Crippen LogP contribution in [-0.2, 0) is 0 Å². The van der Waals surface area contributed by atoms with Gasteiger partial charge in [-0.25, -0.2) is 4.98 Å². The fourth-order valence-electron chi connectivity index (χ4n) is 1.80. The summed E-state index contributed by atoms with van der Waals surface area (Å²) >= 11 is 0. The van der Waals surface area contributed by atoms with Gasteiger partial charge in [-0.15, -0.1) is 0 Å². The van der Waals surface area contributed by atoms with Crippen molar-refractivity contribution in [3.05, 3.63) is 47.2 Å². The van der Waals surface area contributed by atoms with E-state index in [0.717, 1.165) is 5.56 Å². The van der Waals surface area contributed by atoms with Gasteiger partial charge in [0.2, 0.25) is 5.76 Å². The number of benzene rings is 1. The van der Waals surface area contributed by atoms with Gasteiger partial charge in [-0.05, 0) is 31.5 Å². The monoisotopic (exact) mass is 259 g/mol. The third-order valence-corrected chi connectivity index (χ3v) is 2.80. The molecule has 1 heterocycles. The molecular formula is C14H17N3O2. The summed E-state index contributed by atoms with van der Waals surface area (Å²) in [5.74, 6) is 0.426. The second-order valence-electron chi connectivity index (χ2n) is 4.51. The van der Waals surface area contributed by atoms with Crippen molar-refractivity contribution in [2.45, 2.75) is 26.8 Å². The Balaban J connectivity index is 2.13. The van der Waals surface area contributed by atoms with Crippen molar-refractivity contribution in [2.75, 3.05) is 5.32 Å². The average molecular weight is 259 g/mol. The third-order valence-electron chi connectivity index (χ3n) is 2.80. The molecule has 3 N–H and O–H groups in total. The molecule has 0 aliphatic heterocycles. The maximum atomic E-state index is 12.0. The van der Waals surface area contributed by atoms with E-state index in [-0.39, 0.29) is 17.7 Å². The standard InChI is InChI=1S/C14H17N3O2/c1-8(15)11-4-6-12(7-5-11)17-14(18)13-9(2)16-10(3)19-13/h4-8H,15H2,1-3H3,(H,17,18). The number of hydrogen-bond acceptors (Lipinski definition) is 4. The van der Waals surface area contributed by atoms with Crippen molar-refractivity contribution in [3.63, 3.8) is 0 Å². The highest BCUT2D eigenvalue weighted by molar-refractivity contribution is 6.02. The average Bonchev–Trinajstić information content (AvgIpc) is 2.69. The van der Waals surface area contributed by atoms with E-state index < -0.39 is 0 Å². The summed E-state index contributed by atoms with van der Waals surface area (Å²) in [6.07, 6.45) is 0. The van der Waals surface area contributed by atoms with Crippen molar-refractivity contribution in [1.82, 2.24) is 4.98 Å². The Morgan fingerprint density at radius 2 is 1.95 bits per heavy atom. The first-order valence-electron chi connectivity index (χ1n) is 6.08. The van der Waals surface area contributed by atoms with Crippen LogP contribution in [0.2, 0.25) is 0 Å². The Hall–Kier alpha value is -2.14. The highest BCUT2D eigenvalue weighted by atomic mass is 16.4. The van der Waals surface area contributed by atoms with E-state index in [9.17, 15) is 4.79 Å². The Morgan fingerprint density at radius 1 is 1.32 bits per heavy atom. The van der Waals surface area contributed by atoms with Gasteiger partial charge in [0, 0.05) is 18.7 Å². The van der Waals surface area contributed by atoms with Crippen LogP contribution in [0.5, 0.6) is 0 Å². The quantitative estimate of drug-likeness (QED) is 0.887. The van der Waals surface area contributed by atoms with Gasteiger partial charge in [0.1, 0.15) is 0 Å². The number of nitrogens with one attached hydrogen (secondary N) is 1. The van der Waals surface area contributed by atoms with Crippen LogP contribution in [0.3, 0.4) is 0 Å². The van der Waals surface area contributed by atoms with Crippen LogP contribution in [0.15, 0.2) is 28.7 Å². The van der Waals surface area contributed by atoms with Crippen LogP contribution in [0, 0.1) is 13.8 Å². The van der Waals surface area contributed by atoms with Gasteiger partial charge in [0.05, 0.1) is 5.69 Å². The Kier molecular flexibility index (Phi) is 3.66. The number of rotatable bonds is 3.